The highest BCUT2D eigenvalue weighted by Gasteiger charge is 2.23. The molecule has 0 saturated carbocycles. The first-order valence-corrected chi connectivity index (χ1v) is 12.8. The van der Waals surface area contributed by atoms with Gasteiger partial charge < -0.3 is 4.74 Å². The maximum Gasteiger partial charge on any atom is 0.267 e. The van der Waals surface area contributed by atoms with E-state index >= 15 is 0 Å². The van der Waals surface area contributed by atoms with Crippen LogP contribution in [0.25, 0.3) is 15.9 Å². The van der Waals surface area contributed by atoms with Gasteiger partial charge in [0.2, 0.25) is 0 Å². The van der Waals surface area contributed by atoms with Gasteiger partial charge in [0.05, 0.1) is 18.2 Å². The molecule has 2 aromatic heterocycles. The molecule has 33 heavy (non-hydrogen) atoms. The highest BCUT2D eigenvalue weighted by molar-refractivity contribution is 7.98. The molecule has 4 aromatic rings. The number of Topliss-reactive ketones (excluding diaryl/α,β-unsaturated/α-hetero) is 1. The SMILES string of the molecule is COc1ccc(C(C)=O)cc1CSc1nc2sc3c(c2c(=O)n1-c1ccccc1)CCCC3. The van der Waals surface area contributed by atoms with Gasteiger partial charge in [0.1, 0.15) is 10.6 Å². The Morgan fingerprint density at radius 1 is 1.15 bits per heavy atom. The summed E-state index contributed by atoms with van der Waals surface area (Å²) in [7, 11) is 1.62. The monoisotopic (exact) mass is 476 g/mol. The fraction of sp³-hybridized carbons (Fsp3) is 0.269. The molecule has 0 saturated heterocycles. The summed E-state index contributed by atoms with van der Waals surface area (Å²) in [6.45, 7) is 1.56. The van der Waals surface area contributed by atoms with Crippen LogP contribution in [-0.2, 0) is 18.6 Å². The van der Waals surface area contributed by atoms with Crippen molar-refractivity contribution in [3.05, 3.63) is 80.5 Å². The maximum atomic E-state index is 13.8. The van der Waals surface area contributed by atoms with Gasteiger partial charge in [-0.1, -0.05) is 30.0 Å². The molecule has 5 rings (SSSR count). The summed E-state index contributed by atoms with van der Waals surface area (Å²) in [6.07, 6.45) is 4.26. The minimum absolute atomic E-state index is 0.00227. The molecule has 0 bridgehead atoms. The summed E-state index contributed by atoms with van der Waals surface area (Å²) < 4.78 is 7.25. The molecule has 0 amide bonds. The zero-order valence-electron chi connectivity index (χ0n) is 18.6. The number of hydrogen-bond donors (Lipinski definition) is 0. The van der Waals surface area contributed by atoms with Crippen molar-refractivity contribution in [1.82, 2.24) is 9.55 Å². The molecule has 2 aromatic carbocycles. The summed E-state index contributed by atoms with van der Waals surface area (Å²) in [5.74, 6) is 1.25. The zero-order valence-corrected chi connectivity index (χ0v) is 20.2. The number of hydrogen-bond acceptors (Lipinski definition) is 6. The fourth-order valence-electron chi connectivity index (χ4n) is 4.34. The quantitative estimate of drug-likeness (QED) is 0.199. The van der Waals surface area contributed by atoms with Gasteiger partial charge in [-0.3, -0.25) is 14.2 Å². The molecule has 2 heterocycles. The van der Waals surface area contributed by atoms with Crippen LogP contribution < -0.4 is 10.3 Å². The van der Waals surface area contributed by atoms with Crippen LogP contribution in [0.4, 0.5) is 0 Å². The lowest BCUT2D eigenvalue weighted by molar-refractivity contribution is 0.101. The third kappa shape index (κ3) is 4.11. The number of aryl methyl sites for hydroxylation is 2. The van der Waals surface area contributed by atoms with Gasteiger partial charge in [0.15, 0.2) is 10.9 Å². The largest absolute Gasteiger partial charge is 0.496 e. The van der Waals surface area contributed by atoms with Crippen molar-refractivity contribution >= 4 is 39.1 Å². The molecule has 7 heteroatoms. The fourth-order valence-corrected chi connectivity index (χ4v) is 6.63. The number of thiophene rings is 1. The average molecular weight is 477 g/mol. The number of para-hydroxylation sites is 1. The number of aromatic nitrogens is 2. The minimum Gasteiger partial charge on any atom is -0.496 e. The Morgan fingerprint density at radius 2 is 1.94 bits per heavy atom. The molecule has 0 unspecified atom stereocenters. The van der Waals surface area contributed by atoms with Crippen LogP contribution in [0.15, 0.2) is 58.5 Å². The average Bonchev–Trinajstić information content (AvgIpc) is 3.21. The number of rotatable bonds is 6. The van der Waals surface area contributed by atoms with E-state index in [1.54, 1.807) is 36.0 Å². The van der Waals surface area contributed by atoms with Crippen molar-refractivity contribution in [3.63, 3.8) is 0 Å². The maximum absolute atomic E-state index is 13.8. The van der Waals surface area contributed by atoms with Crippen LogP contribution in [0.2, 0.25) is 0 Å². The molecule has 0 atom stereocenters. The van der Waals surface area contributed by atoms with Crippen molar-refractivity contribution < 1.29 is 9.53 Å². The van der Waals surface area contributed by atoms with Gasteiger partial charge in [-0.15, -0.1) is 11.3 Å². The number of methoxy groups -OCH3 is 1. The van der Waals surface area contributed by atoms with Gasteiger partial charge in [-0.25, -0.2) is 4.98 Å². The summed E-state index contributed by atoms with van der Waals surface area (Å²) >= 11 is 3.15. The molecule has 168 valence electrons. The molecule has 0 N–H and O–H groups in total. The number of benzene rings is 2. The van der Waals surface area contributed by atoms with E-state index in [1.165, 1.54) is 28.6 Å². The summed E-state index contributed by atoms with van der Waals surface area (Å²) in [6, 6.07) is 15.1. The van der Waals surface area contributed by atoms with E-state index in [9.17, 15) is 9.59 Å². The Hall–Kier alpha value is -2.90. The molecule has 0 aliphatic heterocycles. The number of carbonyl (C=O) groups excluding carboxylic acids is 1. The highest BCUT2D eigenvalue weighted by Crippen LogP contribution is 2.36. The molecule has 0 fully saturated rings. The van der Waals surface area contributed by atoms with Crippen LogP contribution in [0.1, 0.15) is 46.1 Å². The van der Waals surface area contributed by atoms with Crippen molar-refractivity contribution in [2.24, 2.45) is 0 Å². The second-order valence-corrected chi connectivity index (χ2v) is 10.2. The molecule has 0 radical (unpaired) electrons. The molecular weight excluding hydrogens is 452 g/mol. The molecular formula is C26H24N2O3S2. The highest BCUT2D eigenvalue weighted by atomic mass is 32.2. The standard InChI is InChI=1S/C26H24N2O3S2/c1-16(29)17-12-13-21(31-2)18(14-17)15-32-26-27-24-23(20-10-6-7-11-22(20)33-24)25(30)28(26)19-8-4-3-5-9-19/h3-5,8-9,12-14H,6-7,10-11,15H2,1-2H3. The Kier molecular flexibility index (Phi) is 6.08. The van der Waals surface area contributed by atoms with Crippen molar-refractivity contribution in [2.75, 3.05) is 7.11 Å². The van der Waals surface area contributed by atoms with E-state index in [2.05, 4.69) is 0 Å². The van der Waals surface area contributed by atoms with Gasteiger partial charge in [-0.05, 0) is 68.5 Å². The van der Waals surface area contributed by atoms with E-state index in [1.807, 2.05) is 42.5 Å². The van der Waals surface area contributed by atoms with Crippen LogP contribution in [0.5, 0.6) is 5.75 Å². The topological polar surface area (TPSA) is 61.2 Å². The minimum atomic E-state index is -0.00227. The predicted octanol–water partition coefficient (Wildman–Crippen LogP) is 5.83. The van der Waals surface area contributed by atoms with Gasteiger partial charge >= 0.3 is 0 Å². The van der Waals surface area contributed by atoms with E-state index in [4.69, 9.17) is 9.72 Å². The predicted molar refractivity (Wildman–Crippen MR) is 134 cm³/mol. The van der Waals surface area contributed by atoms with Crippen molar-refractivity contribution in [1.29, 1.82) is 0 Å². The first-order valence-electron chi connectivity index (χ1n) is 11.0. The lowest BCUT2D eigenvalue weighted by Gasteiger charge is -2.14. The number of ketones is 1. The third-order valence-corrected chi connectivity index (χ3v) is 8.19. The van der Waals surface area contributed by atoms with Crippen LogP contribution in [0.3, 0.4) is 0 Å². The number of fused-ring (bicyclic) bond motifs is 3. The smallest absolute Gasteiger partial charge is 0.267 e. The molecule has 1 aliphatic rings. The Bertz CT molecular complexity index is 1410. The third-order valence-electron chi connectivity index (χ3n) is 6.02. The van der Waals surface area contributed by atoms with E-state index < -0.39 is 0 Å². The first-order chi connectivity index (χ1) is 16.1. The lowest BCUT2D eigenvalue weighted by atomic mass is 9.97. The Labute approximate surface area is 200 Å². The van der Waals surface area contributed by atoms with E-state index in [0.717, 1.165) is 40.7 Å². The zero-order chi connectivity index (χ0) is 22.9. The second kappa shape index (κ2) is 9.15. The molecule has 0 spiro atoms. The van der Waals surface area contributed by atoms with Gasteiger partial charge in [-0.2, -0.15) is 0 Å². The summed E-state index contributed by atoms with van der Waals surface area (Å²) in [4.78, 5) is 32.8. The molecule has 5 nitrogen and oxygen atoms in total. The first kappa shape index (κ1) is 21.9. The van der Waals surface area contributed by atoms with Crippen LogP contribution in [0, 0.1) is 0 Å². The van der Waals surface area contributed by atoms with Crippen LogP contribution in [-0.4, -0.2) is 22.4 Å². The van der Waals surface area contributed by atoms with Crippen LogP contribution >= 0.6 is 23.1 Å². The normalized spacial score (nSPS) is 13.2. The number of nitrogens with zero attached hydrogens (tertiary/aromatic N) is 2. The number of carbonyl (C=O) groups is 1. The van der Waals surface area contributed by atoms with Gasteiger partial charge in [0, 0.05) is 21.8 Å². The number of thioether (sulfide) groups is 1. The van der Waals surface area contributed by atoms with Gasteiger partial charge in [0.25, 0.3) is 5.56 Å². The Balaban J connectivity index is 1.63. The van der Waals surface area contributed by atoms with Crippen molar-refractivity contribution in [2.45, 2.75) is 43.5 Å². The second-order valence-electron chi connectivity index (χ2n) is 8.13. The van der Waals surface area contributed by atoms with E-state index in [-0.39, 0.29) is 11.3 Å². The van der Waals surface area contributed by atoms with Crippen molar-refractivity contribution in [3.8, 4) is 11.4 Å². The Morgan fingerprint density at radius 3 is 2.70 bits per heavy atom. The summed E-state index contributed by atoms with van der Waals surface area (Å²) in [5.41, 5.74) is 3.53. The summed E-state index contributed by atoms with van der Waals surface area (Å²) in [5, 5.41) is 1.42. The lowest BCUT2D eigenvalue weighted by Crippen LogP contribution is -2.22. The molecule has 1 aliphatic carbocycles. The van der Waals surface area contributed by atoms with E-state index in [0.29, 0.717) is 22.2 Å². The number of ether oxygens (including phenoxy) is 1.